The van der Waals surface area contributed by atoms with Crippen LogP contribution in [0.15, 0.2) is 45.5 Å². The van der Waals surface area contributed by atoms with E-state index in [0.717, 1.165) is 16.7 Å². The molecule has 0 fully saturated rings. The molecular formula is C18H21BrN2O3S. The van der Waals surface area contributed by atoms with Crippen molar-refractivity contribution in [3.8, 4) is 5.75 Å². The van der Waals surface area contributed by atoms with Gasteiger partial charge in [-0.3, -0.25) is 10.1 Å². The number of halogens is 1. The number of furan rings is 1. The minimum absolute atomic E-state index is 0.231. The Balaban J connectivity index is 1.96. The van der Waals surface area contributed by atoms with Crippen LogP contribution in [0.25, 0.3) is 0 Å². The predicted molar refractivity (Wildman–Crippen MR) is 105 cm³/mol. The number of rotatable bonds is 7. The van der Waals surface area contributed by atoms with Gasteiger partial charge in [0, 0.05) is 4.47 Å². The fraction of sp³-hybridized carbons (Fsp3) is 0.333. The van der Waals surface area contributed by atoms with Gasteiger partial charge in [-0.2, -0.15) is 0 Å². The Bertz CT molecular complexity index is 717. The van der Waals surface area contributed by atoms with Crippen LogP contribution in [0.5, 0.6) is 5.75 Å². The number of ether oxygens (including phenoxy) is 1. The summed E-state index contributed by atoms with van der Waals surface area (Å²) < 4.78 is 11.8. The fourth-order valence-corrected chi connectivity index (χ4v) is 2.53. The van der Waals surface area contributed by atoms with Crippen molar-refractivity contribution in [2.24, 2.45) is 5.92 Å². The van der Waals surface area contributed by atoms with E-state index < -0.39 is 0 Å². The standard InChI is InChI=1S/C18H21BrN2O3S/c1-12(2)7-9-24-16-6-5-13(19)10-15(16)17(22)21-18(25)20-11-14-4-3-8-23-14/h3-6,8,10,12H,7,9,11H2,1-2H3,(H2,20,21,22,25). The number of thiocarbonyl (C=S) groups is 1. The minimum atomic E-state index is -0.321. The van der Waals surface area contributed by atoms with E-state index in [1.54, 1.807) is 24.5 Å². The zero-order valence-corrected chi connectivity index (χ0v) is 16.6. The summed E-state index contributed by atoms with van der Waals surface area (Å²) in [6.07, 6.45) is 2.50. The molecule has 0 atom stereocenters. The second-order valence-electron chi connectivity index (χ2n) is 5.89. The summed E-state index contributed by atoms with van der Waals surface area (Å²) in [4.78, 5) is 12.5. The molecule has 2 aromatic rings. The number of hydrogen-bond acceptors (Lipinski definition) is 4. The van der Waals surface area contributed by atoms with Crippen LogP contribution in [-0.2, 0) is 6.54 Å². The molecule has 2 N–H and O–H groups in total. The molecule has 0 aliphatic carbocycles. The molecular weight excluding hydrogens is 404 g/mol. The van der Waals surface area contributed by atoms with E-state index >= 15 is 0 Å². The maximum Gasteiger partial charge on any atom is 0.261 e. The summed E-state index contributed by atoms with van der Waals surface area (Å²) in [7, 11) is 0. The fourth-order valence-electron chi connectivity index (χ4n) is 2.01. The Kier molecular flexibility index (Phi) is 7.46. The van der Waals surface area contributed by atoms with Gasteiger partial charge in [0.05, 0.1) is 25.0 Å². The first-order valence-corrected chi connectivity index (χ1v) is 9.19. The van der Waals surface area contributed by atoms with Crippen molar-refractivity contribution in [2.45, 2.75) is 26.8 Å². The summed E-state index contributed by atoms with van der Waals surface area (Å²) in [6.45, 7) is 5.21. The highest BCUT2D eigenvalue weighted by atomic mass is 79.9. The van der Waals surface area contributed by atoms with E-state index in [2.05, 4.69) is 40.4 Å². The topological polar surface area (TPSA) is 63.5 Å². The molecule has 2 rings (SSSR count). The van der Waals surface area contributed by atoms with Crippen molar-refractivity contribution in [1.82, 2.24) is 10.6 Å². The lowest BCUT2D eigenvalue weighted by Crippen LogP contribution is -2.39. The normalized spacial score (nSPS) is 10.6. The Morgan fingerprint density at radius 3 is 2.84 bits per heavy atom. The van der Waals surface area contributed by atoms with Gasteiger partial charge in [0.2, 0.25) is 0 Å². The number of carbonyl (C=O) groups excluding carboxylic acids is 1. The Morgan fingerprint density at radius 1 is 1.36 bits per heavy atom. The monoisotopic (exact) mass is 424 g/mol. The molecule has 0 aliphatic rings. The van der Waals surface area contributed by atoms with Crippen LogP contribution >= 0.6 is 28.1 Å². The average Bonchev–Trinajstić information content (AvgIpc) is 3.07. The molecule has 0 spiro atoms. The SMILES string of the molecule is CC(C)CCOc1ccc(Br)cc1C(=O)NC(=S)NCc1ccco1. The number of amides is 1. The van der Waals surface area contributed by atoms with E-state index in [-0.39, 0.29) is 11.0 Å². The van der Waals surface area contributed by atoms with E-state index in [1.165, 1.54) is 0 Å². The Labute approximate surface area is 161 Å². The Morgan fingerprint density at radius 2 is 2.16 bits per heavy atom. The van der Waals surface area contributed by atoms with E-state index in [1.807, 2.05) is 12.1 Å². The lowest BCUT2D eigenvalue weighted by Gasteiger charge is -2.14. The van der Waals surface area contributed by atoms with Crippen molar-refractivity contribution in [2.75, 3.05) is 6.61 Å². The van der Waals surface area contributed by atoms with Gasteiger partial charge in [-0.05, 0) is 54.9 Å². The summed E-state index contributed by atoms with van der Waals surface area (Å²) >= 11 is 8.55. The maximum absolute atomic E-state index is 12.5. The first-order valence-electron chi connectivity index (χ1n) is 7.99. The van der Waals surface area contributed by atoms with Crippen LogP contribution in [-0.4, -0.2) is 17.6 Å². The third-order valence-corrected chi connectivity index (χ3v) is 4.11. The molecule has 5 nitrogen and oxygen atoms in total. The molecule has 134 valence electrons. The van der Waals surface area contributed by atoms with E-state index in [4.69, 9.17) is 21.4 Å². The first kappa shape index (κ1) is 19.5. The number of nitrogens with one attached hydrogen (secondary N) is 2. The highest BCUT2D eigenvalue weighted by Gasteiger charge is 2.15. The van der Waals surface area contributed by atoms with Gasteiger partial charge in [-0.15, -0.1) is 0 Å². The van der Waals surface area contributed by atoms with Crippen molar-refractivity contribution in [3.63, 3.8) is 0 Å². The molecule has 0 saturated carbocycles. The molecule has 0 bridgehead atoms. The minimum Gasteiger partial charge on any atom is -0.493 e. The third-order valence-electron chi connectivity index (χ3n) is 3.37. The second-order valence-corrected chi connectivity index (χ2v) is 7.21. The maximum atomic E-state index is 12.5. The van der Waals surface area contributed by atoms with E-state index in [9.17, 15) is 4.79 Å². The molecule has 1 heterocycles. The van der Waals surface area contributed by atoms with Crippen LogP contribution < -0.4 is 15.4 Å². The summed E-state index contributed by atoms with van der Waals surface area (Å²) in [5.41, 5.74) is 0.431. The zero-order chi connectivity index (χ0) is 18.2. The zero-order valence-electron chi connectivity index (χ0n) is 14.2. The van der Waals surface area contributed by atoms with Crippen molar-refractivity contribution in [1.29, 1.82) is 0 Å². The smallest absolute Gasteiger partial charge is 0.261 e. The van der Waals surface area contributed by atoms with Gasteiger partial charge >= 0.3 is 0 Å². The highest BCUT2D eigenvalue weighted by molar-refractivity contribution is 9.10. The molecule has 7 heteroatoms. The van der Waals surface area contributed by atoms with Gasteiger partial charge < -0.3 is 14.5 Å². The number of benzene rings is 1. The highest BCUT2D eigenvalue weighted by Crippen LogP contribution is 2.23. The number of hydrogen-bond donors (Lipinski definition) is 2. The molecule has 25 heavy (non-hydrogen) atoms. The molecule has 0 aliphatic heterocycles. The van der Waals surface area contributed by atoms with Crippen LogP contribution in [0, 0.1) is 5.92 Å². The summed E-state index contributed by atoms with van der Waals surface area (Å²) in [5.74, 6) is 1.48. The number of carbonyl (C=O) groups is 1. The van der Waals surface area contributed by atoms with Gasteiger partial charge in [-0.1, -0.05) is 29.8 Å². The van der Waals surface area contributed by atoms with Gasteiger partial charge in [0.1, 0.15) is 11.5 Å². The lowest BCUT2D eigenvalue weighted by molar-refractivity contribution is 0.0972. The Hall–Kier alpha value is -1.86. The van der Waals surface area contributed by atoms with E-state index in [0.29, 0.717) is 30.4 Å². The quantitative estimate of drug-likeness (QED) is 0.649. The van der Waals surface area contributed by atoms with Crippen LogP contribution in [0.3, 0.4) is 0 Å². The summed E-state index contributed by atoms with van der Waals surface area (Å²) in [5, 5.41) is 5.83. The van der Waals surface area contributed by atoms with Crippen LogP contribution in [0.1, 0.15) is 36.4 Å². The average molecular weight is 425 g/mol. The third kappa shape index (κ3) is 6.51. The lowest BCUT2D eigenvalue weighted by atomic mass is 10.1. The van der Waals surface area contributed by atoms with Crippen molar-refractivity contribution < 1.29 is 13.9 Å². The first-order chi connectivity index (χ1) is 12.0. The van der Waals surface area contributed by atoms with Crippen molar-refractivity contribution >= 4 is 39.2 Å². The van der Waals surface area contributed by atoms with Gasteiger partial charge in [0.15, 0.2) is 5.11 Å². The molecule has 0 unspecified atom stereocenters. The molecule has 1 aromatic carbocycles. The van der Waals surface area contributed by atoms with Crippen LogP contribution in [0.2, 0.25) is 0 Å². The molecule has 1 amide bonds. The molecule has 0 saturated heterocycles. The van der Waals surface area contributed by atoms with Gasteiger partial charge in [-0.25, -0.2) is 0 Å². The molecule has 1 aromatic heterocycles. The summed E-state index contributed by atoms with van der Waals surface area (Å²) in [6, 6.07) is 8.95. The predicted octanol–water partition coefficient (Wildman–Crippen LogP) is 4.27. The molecule has 0 radical (unpaired) electrons. The van der Waals surface area contributed by atoms with Gasteiger partial charge in [0.25, 0.3) is 5.91 Å². The second kappa shape index (κ2) is 9.58. The largest absolute Gasteiger partial charge is 0.493 e. The van der Waals surface area contributed by atoms with Crippen molar-refractivity contribution in [3.05, 3.63) is 52.4 Å². The van der Waals surface area contributed by atoms with Crippen LogP contribution in [0.4, 0.5) is 0 Å².